The summed E-state index contributed by atoms with van der Waals surface area (Å²) in [6.45, 7) is 5.99. The molecule has 0 heterocycles. The second-order valence-electron chi connectivity index (χ2n) is 6.49. The lowest BCUT2D eigenvalue weighted by molar-refractivity contribution is -0.116. The van der Waals surface area contributed by atoms with E-state index >= 15 is 0 Å². The Balaban J connectivity index is 1.87. The summed E-state index contributed by atoms with van der Waals surface area (Å²) in [6.07, 6.45) is 1.03. The minimum absolute atomic E-state index is 0.0299. The van der Waals surface area contributed by atoms with Crippen LogP contribution >= 0.6 is 0 Å². The SMILES string of the molecule is CC(C)(C)Oc1ccc(NC(=O)CCc2ccccc2N)cc1. The lowest BCUT2D eigenvalue weighted by Crippen LogP contribution is -2.22. The van der Waals surface area contributed by atoms with Crippen LogP contribution in [0.5, 0.6) is 5.75 Å². The molecule has 0 bridgehead atoms. The number of amides is 1. The highest BCUT2D eigenvalue weighted by Crippen LogP contribution is 2.21. The smallest absolute Gasteiger partial charge is 0.224 e. The molecule has 0 unspecified atom stereocenters. The Morgan fingerprint density at radius 2 is 1.74 bits per heavy atom. The van der Waals surface area contributed by atoms with Gasteiger partial charge in [-0.15, -0.1) is 0 Å². The summed E-state index contributed by atoms with van der Waals surface area (Å²) in [5.41, 5.74) is 8.13. The first-order valence-corrected chi connectivity index (χ1v) is 7.76. The Labute approximate surface area is 137 Å². The van der Waals surface area contributed by atoms with E-state index in [0.717, 1.165) is 22.7 Å². The fourth-order valence-corrected chi connectivity index (χ4v) is 2.19. The number of hydrogen-bond acceptors (Lipinski definition) is 3. The molecule has 0 atom stereocenters. The van der Waals surface area contributed by atoms with E-state index in [1.165, 1.54) is 0 Å². The van der Waals surface area contributed by atoms with Crippen molar-refractivity contribution in [1.29, 1.82) is 0 Å². The topological polar surface area (TPSA) is 64.3 Å². The quantitative estimate of drug-likeness (QED) is 0.820. The van der Waals surface area contributed by atoms with Gasteiger partial charge in [-0.25, -0.2) is 0 Å². The minimum atomic E-state index is -0.236. The van der Waals surface area contributed by atoms with Gasteiger partial charge in [-0.05, 0) is 63.1 Å². The van der Waals surface area contributed by atoms with E-state index in [1.807, 2.05) is 69.3 Å². The van der Waals surface area contributed by atoms with Crippen molar-refractivity contribution in [3.63, 3.8) is 0 Å². The van der Waals surface area contributed by atoms with Crippen LogP contribution in [0.15, 0.2) is 48.5 Å². The number of hydrogen-bond donors (Lipinski definition) is 2. The lowest BCUT2D eigenvalue weighted by Gasteiger charge is -2.21. The van der Waals surface area contributed by atoms with Crippen LogP contribution in [0, 0.1) is 0 Å². The van der Waals surface area contributed by atoms with Crippen LogP contribution < -0.4 is 15.8 Å². The van der Waals surface area contributed by atoms with Gasteiger partial charge in [-0.2, -0.15) is 0 Å². The number of anilines is 2. The van der Waals surface area contributed by atoms with Crippen molar-refractivity contribution in [2.75, 3.05) is 11.1 Å². The molecule has 0 saturated carbocycles. The van der Waals surface area contributed by atoms with E-state index in [1.54, 1.807) is 0 Å². The number of benzene rings is 2. The second-order valence-corrected chi connectivity index (χ2v) is 6.49. The number of carbonyl (C=O) groups is 1. The highest BCUT2D eigenvalue weighted by Gasteiger charge is 2.11. The maximum Gasteiger partial charge on any atom is 0.224 e. The third kappa shape index (κ3) is 5.66. The van der Waals surface area contributed by atoms with Crippen LogP contribution in [-0.4, -0.2) is 11.5 Å². The summed E-state index contributed by atoms with van der Waals surface area (Å²) >= 11 is 0. The van der Waals surface area contributed by atoms with Gasteiger partial charge in [0.25, 0.3) is 0 Å². The largest absolute Gasteiger partial charge is 0.488 e. The van der Waals surface area contributed by atoms with Gasteiger partial charge in [0.15, 0.2) is 0 Å². The number of carbonyl (C=O) groups excluding carboxylic acids is 1. The molecule has 2 aromatic carbocycles. The van der Waals surface area contributed by atoms with E-state index in [-0.39, 0.29) is 11.5 Å². The van der Waals surface area contributed by atoms with Crippen LogP contribution in [0.2, 0.25) is 0 Å². The molecule has 4 heteroatoms. The van der Waals surface area contributed by atoms with Crippen molar-refractivity contribution >= 4 is 17.3 Å². The van der Waals surface area contributed by atoms with E-state index in [0.29, 0.717) is 12.8 Å². The first-order chi connectivity index (χ1) is 10.8. The van der Waals surface area contributed by atoms with Gasteiger partial charge < -0.3 is 15.8 Å². The molecule has 0 saturated heterocycles. The molecule has 3 N–H and O–H groups in total. The highest BCUT2D eigenvalue weighted by atomic mass is 16.5. The van der Waals surface area contributed by atoms with Crippen LogP contribution in [0.4, 0.5) is 11.4 Å². The van der Waals surface area contributed by atoms with Crippen LogP contribution in [0.1, 0.15) is 32.8 Å². The minimum Gasteiger partial charge on any atom is -0.488 e. The monoisotopic (exact) mass is 312 g/mol. The molecule has 4 nitrogen and oxygen atoms in total. The molecule has 0 aliphatic carbocycles. The zero-order valence-electron chi connectivity index (χ0n) is 13.9. The molecule has 2 aromatic rings. The molecule has 0 fully saturated rings. The van der Waals surface area contributed by atoms with Crippen molar-refractivity contribution in [1.82, 2.24) is 0 Å². The molecule has 0 spiro atoms. The van der Waals surface area contributed by atoms with Crippen molar-refractivity contribution in [3.05, 3.63) is 54.1 Å². The summed E-state index contributed by atoms with van der Waals surface area (Å²) in [4.78, 5) is 12.0. The number of para-hydroxylation sites is 1. The third-order valence-electron chi connectivity index (χ3n) is 3.24. The lowest BCUT2D eigenvalue weighted by atomic mass is 10.1. The number of ether oxygens (including phenoxy) is 1. The Morgan fingerprint density at radius 3 is 2.35 bits per heavy atom. The van der Waals surface area contributed by atoms with Crippen LogP contribution in [-0.2, 0) is 11.2 Å². The Hall–Kier alpha value is -2.49. The van der Waals surface area contributed by atoms with Crippen molar-refractivity contribution in [2.24, 2.45) is 0 Å². The average molecular weight is 312 g/mol. The summed E-state index contributed by atoms with van der Waals surface area (Å²) in [5.74, 6) is 0.755. The van der Waals surface area contributed by atoms with Crippen molar-refractivity contribution in [2.45, 2.75) is 39.2 Å². The maximum atomic E-state index is 12.0. The number of nitrogen functional groups attached to an aromatic ring is 1. The first kappa shape index (κ1) is 16.9. The molecule has 23 heavy (non-hydrogen) atoms. The molecular formula is C19H24N2O2. The summed E-state index contributed by atoms with van der Waals surface area (Å²) in [6, 6.07) is 15.0. The van der Waals surface area contributed by atoms with Gasteiger partial charge in [-0.1, -0.05) is 18.2 Å². The summed E-state index contributed by atoms with van der Waals surface area (Å²) < 4.78 is 5.75. The zero-order valence-corrected chi connectivity index (χ0v) is 13.9. The number of rotatable bonds is 5. The van der Waals surface area contributed by atoms with Gasteiger partial charge in [-0.3, -0.25) is 4.79 Å². The Bertz CT molecular complexity index is 658. The fraction of sp³-hybridized carbons (Fsp3) is 0.316. The number of nitrogens with two attached hydrogens (primary N) is 1. The van der Waals surface area contributed by atoms with Gasteiger partial charge in [0, 0.05) is 17.8 Å². The van der Waals surface area contributed by atoms with Crippen molar-refractivity contribution < 1.29 is 9.53 Å². The van der Waals surface area contributed by atoms with Crippen molar-refractivity contribution in [3.8, 4) is 5.75 Å². The molecule has 0 aromatic heterocycles. The van der Waals surface area contributed by atoms with Crippen LogP contribution in [0.3, 0.4) is 0 Å². The molecule has 2 rings (SSSR count). The fourth-order valence-electron chi connectivity index (χ4n) is 2.19. The molecule has 0 aliphatic rings. The number of nitrogens with one attached hydrogen (secondary N) is 1. The normalized spacial score (nSPS) is 11.1. The standard InChI is InChI=1S/C19H24N2O2/c1-19(2,3)23-16-11-9-15(10-12-16)21-18(22)13-8-14-6-4-5-7-17(14)20/h4-7,9-12H,8,13,20H2,1-3H3,(H,21,22). The molecule has 122 valence electrons. The average Bonchev–Trinajstić information content (AvgIpc) is 2.47. The van der Waals surface area contributed by atoms with Gasteiger partial charge in [0.1, 0.15) is 11.4 Å². The van der Waals surface area contributed by atoms with Gasteiger partial charge in [0.2, 0.25) is 5.91 Å². The van der Waals surface area contributed by atoms with E-state index in [9.17, 15) is 4.79 Å². The van der Waals surface area contributed by atoms with E-state index in [4.69, 9.17) is 10.5 Å². The highest BCUT2D eigenvalue weighted by molar-refractivity contribution is 5.90. The first-order valence-electron chi connectivity index (χ1n) is 7.76. The van der Waals surface area contributed by atoms with E-state index < -0.39 is 0 Å². The molecular weight excluding hydrogens is 288 g/mol. The molecule has 1 amide bonds. The second kappa shape index (κ2) is 7.18. The van der Waals surface area contributed by atoms with E-state index in [2.05, 4.69) is 5.32 Å². The Kier molecular flexibility index (Phi) is 5.27. The Morgan fingerprint density at radius 1 is 1.09 bits per heavy atom. The molecule has 0 radical (unpaired) electrons. The van der Waals surface area contributed by atoms with Crippen LogP contribution in [0.25, 0.3) is 0 Å². The van der Waals surface area contributed by atoms with Gasteiger partial charge >= 0.3 is 0 Å². The summed E-state index contributed by atoms with van der Waals surface area (Å²) in [5, 5.41) is 2.89. The number of aryl methyl sites for hydroxylation is 1. The summed E-state index contributed by atoms with van der Waals surface area (Å²) in [7, 11) is 0. The van der Waals surface area contributed by atoms with Gasteiger partial charge in [0.05, 0.1) is 0 Å². The maximum absolute atomic E-state index is 12.0. The zero-order chi connectivity index (χ0) is 16.9. The third-order valence-corrected chi connectivity index (χ3v) is 3.24. The predicted octanol–water partition coefficient (Wildman–Crippen LogP) is 4.02. The predicted molar refractivity (Wildman–Crippen MR) is 94.6 cm³/mol. The molecule has 0 aliphatic heterocycles.